The van der Waals surface area contributed by atoms with Crippen LogP contribution < -0.4 is 0 Å². The van der Waals surface area contributed by atoms with Crippen molar-refractivity contribution in [1.29, 1.82) is 0 Å². The molecule has 166 valence electrons. The van der Waals surface area contributed by atoms with Crippen LogP contribution in [-0.4, -0.2) is 24.0 Å². The molecule has 0 spiro atoms. The van der Waals surface area contributed by atoms with Crippen molar-refractivity contribution in [3.8, 4) is 23.5 Å². The molecule has 0 radical (unpaired) electrons. The first-order valence-corrected chi connectivity index (χ1v) is 11.5. The number of carbonyl (C=O) groups excluding carboxylic acids is 1. The van der Waals surface area contributed by atoms with Gasteiger partial charge in [0.15, 0.2) is 5.78 Å². The van der Waals surface area contributed by atoms with Crippen LogP contribution in [0.3, 0.4) is 0 Å². The van der Waals surface area contributed by atoms with Gasteiger partial charge in [-0.05, 0) is 78.6 Å². The summed E-state index contributed by atoms with van der Waals surface area (Å²) in [5.74, 6) is 3.59. The zero-order valence-corrected chi connectivity index (χ0v) is 19.1. The third-order valence-electron chi connectivity index (χ3n) is 6.21. The van der Waals surface area contributed by atoms with Crippen LogP contribution in [0.4, 0.5) is 0 Å². The second-order valence-corrected chi connectivity index (χ2v) is 8.65. The first-order valence-electron chi connectivity index (χ1n) is 11.5. The number of allylic oxidation sites excluding steroid dienone is 2. The van der Waals surface area contributed by atoms with Crippen LogP contribution in [0, 0.1) is 18.3 Å². The molecule has 2 aromatic carbocycles. The number of nitrogens with zero attached hydrogens (tertiary/aromatic N) is 1. The number of rotatable bonds is 3. The average molecular weight is 436 g/mol. The predicted octanol–water partition coefficient (Wildman–Crippen LogP) is 5.91. The van der Waals surface area contributed by atoms with Gasteiger partial charge in [0, 0.05) is 42.7 Å². The lowest BCUT2D eigenvalue weighted by Gasteiger charge is -2.21. The van der Waals surface area contributed by atoms with Gasteiger partial charge in [0.1, 0.15) is 0 Å². The summed E-state index contributed by atoms with van der Waals surface area (Å²) in [5, 5.41) is 0. The molecule has 5 rings (SSSR count). The predicted molar refractivity (Wildman–Crippen MR) is 134 cm³/mol. The summed E-state index contributed by atoms with van der Waals surface area (Å²) in [5.41, 5.74) is 7.76. The summed E-state index contributed by atoms with van der Waals surface area (Å²) in [4.78, 5) is 15.8. The third kappa shape index (κ3) is 6.06. The minimum atomic E-state index is 0.214. The SMILES string of the molecule is C#Cc1cccc(-c2ccc(CC3CCOCC3)nc2)c1.CC1=CC(=O)Cc2ccccc21. The van der Waals surface area contributed by atoms with Crippen molar-refractivity contribution >= 4 is 11.4 Å². The molecule has 0 bridgehead atoms. The highest BCUT2D eigenvalue weighted by Gasteiger charge is 2.15. The number of aromatic nitrogens is 1. The molecule has 3 nitrogen and oxygen atoms in total. The van der Waals surface area contributed by atoms with Gasteiger partial charge in [-0.1, -0.05) is 48.4 Å². The van der Waals surface area contributed by atoms with E-state index in [-0.39, 0.29) is 5.78 Å². The molecule has 1 aliphatic heterocycles. The summed E-state index contributed by atoms with van der Waals surface area (Å²) < 4.78 is 5.40. The zero-order valence-electron chi connectivity index (χ0n) is 19.1. The molecule has 1 aromatic heterocycles. The van der Waals surface area contributed by atoms with E-state index in [0.29, 0.717) is 12.3 Å². The minimum Gasteiger partial charge on any atom is -0.381 e. The zero-order chi connectivity index (χ0) is 23.0. The Labute approximate surface area is 196 Å². The third-order valence-corrected chi connectivity index (χ3v) is 6.21. The second-order valence-electron chi connectivity index (χ2n) is 8.65. The summed E-state index contributed by atoms with van der Waals surface area (Å²) >= 11 is 0. The number of terminal acetylenes is 1. The molecule has 0 atom stereocenters. The van der Waals surface area contributed by atoms with Gasteiger partial charge in [0.25, 0.3) is 0 Å². The van der Waals surface area contributed by atoms with E-state index in [4.69, 9.17) is 11.2 Å². The fourth-order valence-electron chi connectivity index (χ4n) is 4.37. The molecule has 1 saturated heterocycles. The normalized spacial score (nSPS) is 15.5. The number of fused-ring (bicyclic) bond motifs is 1. The van der Waals surface area contributed by atoms with Gasteiger partial charge in [-0.25, -0.2) is 0 Å². The first-order chi connectivity index (χ1) is 16.1. The fourth-order valence-corrected chi connectivity index (χ4v) is 4.37. The first kappa shape index (κ1) is 22.7. The lowest BCUT2D eigenvalue weighted by atomic mass is 9.91. The molecule has 1 aliphatic carbocycles. The van der Waals surface area contributed by atoms with Crippen molar-refractivity contribution < 1.29 is 9.53 Å². The molecule has 0 unspecified atom stereocenters. The average Bonchev–Trinajstić information content (AvgIpc) is 2.85. The Morgan fingerprint density at radius 2 is 1.85 bits per heavy atom. The van der Waals surface area contributed by atoms with Crippen molar-refractivity contribution in [2.75, 3.05) is 13.2 Å². The van der Waals surface area contributed by atoms with Crippen LogP contribution in [0.15, 0.2) is 72.9 Å². The molecule has 2 heterocycles. The van der Waals surface area contributed by atoms with E-state index in [1.54, 1.807) is 6.08 Å². The highest BCUT2D eigenvalue weighted by Crippen LogP contribution is 2.24. The fraction of sp³-hybridized carbons (Fsp3) is 0.267. The van der Waals surface area contributed by atoms with Crippen LogP contribution >= 0.6 is 0 Å². The van der Waals surface area contributed by atoms with Gasteiger partial charge in [-0.3, -0.25) is 9.78 Å². The highest BCUT2D eigenvalue weighted by molar-refractivity contribution is 6.01. The van der Waals surface area contributed by atoms with Crippen LogP contribution in [0.5, 0.6) is 0 Å². The van der Waals surface area contributed by atoms with Gasteiger partial charge in [-0.2, -0.15) is 0 Å². The van der Waals surface area contributed by atoms with E-state index >= 15 is 0 Å². The number of ketones is 1. The Balaban J connectivity index is 0.000000183. The molecular weight excluding hydrogens is 406 g/mol. The molecule has 3 heteroatoms. The Bertz CT molecular complexity index is 1180. The number of ether oxygens (including phenoxy) is 1. The van der Waals surface area contributed by atoms with E-state index in [1.807, 2.05) is 49.5 Å². The summed E-state index contributed by atoms with van der Waals surface area (Å²) in [6.45, 7) is 3.76. The van der Waals surface area contributed by atoms with Gasteiger partial charge >= 0.3 is 0 Å². The van der Waals surface area contributed by atoms with E-state index in [0.717, 1.165) is 60.3 Å². The molecule has 2 aliphatic rings. The molecule has 1 fully saturated rings. The molecule has 0 N–H and O–H groups in total. The lowest BCUT2D eigenvalue weighted by Crippen LogP contribution is -2.17. The van der Waals surface area contributed by atoms with Crippen LogP contribution in [0.2, 0.25) is 0 Å². The van der Waals surface area contributed by atoms with Crippen LogP contribution in [0.1, 0.15) is 42.1 Å². The Hall–Kier alpha value is -3.48. The Kier molecular flexibility index (Phi) is 7.50. The Morgan fingerprint density at radius 1 is 1.03 bits per heavy atom. The number of pyridine rings is 1. The molecule has 0 amide bonds. The summed E-state index contributed by atoms with van der Waals surface area (Å²) in [6.07, 6.45) is 13.0. The van der Waals surface area contributed by atoms with E-state index in [2.05, 4.69) is 35.2 Å². The van der Waals surface area contributed by atoms with Crippen molar-refractivity contribution in [3.63, 3.8) is 0 Å². The van der Waals surface area contributed by atoms with E-state index in [1.165, 1.54) is 11.3 Å². The second kappa shape index (κ2) is 10.9. The lowest BCUT2D eigenvalue weighted by molar-refractivity contribution is -0.114. The molecular formula is C30H29NO2. The summed E-state index contributed by atoms with van der Waals surface area (Å²) in [7, 11) is 0. The van der Waals surface area contributed by atoms with E-state index < -0.39 is 0 Å². The van der Waals surface area contributed by atoms with Crippen molar-refractivity contribution in [2.45, 2.75) is 32.6 Å². The molecule has 3 aromatic rings. The minimum absolute atomic E-state index is 0.214. The monoisotopic (exact) mass is 435 g/mol. The number of benzene rings is 2. The van der Waals surface area contributed by atoms with Gasteiger partial charge in [-0.15, -0.1) is 6.42 Å². The quantitative estimate of drug-likeness (QED) is 0.480. The maximum absolute atomic E-state index is 11.2. The number of hydrogen-bond acceptors (Lipinski definition) is 3. The number of hydrogen-bond donors (Lipinski definition) is 0. The largest absolute Gasteiger partial charge is 0.381 e. The molecule has 0 saturated carbocycles. The van der Waals surface area contributed by atoms with Crippen LogP contribution in [-0.2, 0) is 22.4 Å². The van der Waals surface area contributed by atoms with Gasteiger partial charge in [0.2, 0.25) is 0 Å². The van der Waals surface area contributed by atoms with Gasteiger partial charge in [0.05, 0.1) is 0 Å². The maximum atomic E-state index is 11.2. The van der Waals surface area contributed by atoms with Crippen LogP contribution in [0.25, 0.3) is 16.7 Å². The number of carbonyl (C=O) groups is 1. The van der Waals surface area contributed by atoms with Crippen molar-refractivity contribution in [1.82, 2.24) is 4.98 Å². The smallest absolute Gasteiger partial charge is 0.160 e. The summed E-state index contributed by atoms with van der Waals surface area (Å²) in [6, 6.07) is 20.3. The van der Waals surface area contributed by atoms with Gasteiger partial charge < -0.3 is 4.74 Å². The van der Waals surface area contributed by atoms with Crippen molar-refractivity contribution in [3.05, 3.63) is 95.3 Å². The highest BCUT2D eigenvalue weighted by atomic mass is 16.5. The maximum Gasteiger partial charge on any atom is 0.160 e. The molecule has 33 heavy (non-hydrogen) atoms. The topological polar surface area (TPSA) is 39.2 Å². The van der Waals surface area contributed by atoms with E-state index in [9.17, 15) is 4.79 Å². The van der Waals surface area contributed by atoms with Crippen molar-refractivity contribution in [2.24, 2.45) is 5.92 Å². The standard InChI is InChI=1S/C19H19NO.C11H10O/c1-2-15-4-3-5-17(12-15)18-6-7-19(20-14-18)13-16-8-10-21-11-9-16;1-8-6-10(12)7-9-4-2-3-5-11(8)9/h1,3-7,12,14,16H,8-11,13H2;2-6H,7H2,1H3. The Morgan fingerprint density at radius 3 is 2.61 bits per heavy atom.